The molecule has 0 radical (unpaired) electrons. The highest BCUT2D eigenvalue weighted by Crippen LogP contribution is 2.49. The number of rotatable bonds is 22. The number of hydrogen-bond acceptors (Lipinski definition) is 9. The zero-order valence-corrected chi connectivity index (χ0v) is 36.6. The molecule has 3 aromatic carbocycles. The van der Waals surface area contributed by atoms with Crippen molar-refractivity contribution in [1.29, 1.82) is 0 Å². The van der Waals surface area contributed by atoms with Crippen LogP contribution in [0.1, 0.15) is 71.1 Å². The summed E-state index contributed by atoms with van der Waals surface area (Å²) < 4.78 is 40.8. The summed E-state index contributed by atoms with van der Waals surface area (Å²) in [5, 5.41) is 7.68. The van der Waals surface area contributed by atoms with Crippen LogP contribution in [0.4, 0.5) is 0 Å². The summed E-state index contributed by atoms with van der Waals surface area (Å²) in [6.07, 6.45) is 0.639. The number of nitrogens with zero attached hydrogens (tertiary/aromatic N) is 3. The quantitative estimate of drug-likeness (QED) is 0.0444. The predicted molar refractivity (Wildman–Crippen MR) is 231 cm³/mol. The summed E-state index contributed by atoms with van der Waals surface area (Å²) >= 11 is 6.23. The van der Waals surface area contributed by atoms with Crippen LogP contribution < -0.4 is 10.4 Å². The molecule has 0 aliphatic carbocycles. The van der Waals surface area contributed by atoms with Gasteiger partial charge < -0.3 is 37.3 Å². The maximum absolute atomic E-state index is 7.39. The van der Waals surface area contributed by atoms with Gasteiger partial charge >= 0.3 is 0 Å². The SMILES string of the molecule is [C-]#[N+]CCOP(OC[C@H]1O[C@@H](C)CC1NP(=S)(OCC[N+]#[C-])OC[C@H]1O[C@@H](C)CC1NC(c1ccccc1)(c1ccccc1)c1ccccc1)N(C(C)C)C(C)C. The monoisotopic (exact) mass is 835 g/mol. The molecule has 2 saturated heterocycles. The molecule has 8 atom stereocenters. The average Bonchev–Trinajstić information content (AvgIpc) is 3.74. The second kappa shape index (κ2) is 22.1. The lowest BCUT2D eigenvalue weighted by atomic mass is 9.76. The van der Waals surface area contributed by atoms with Gasteiger partial charge in [0, 0.05) is 24.2 Å². The molecule has 0 spiro atoms. The molecule has 0 aromatic heterocycles. The molecule has 11 nitrogen and oxygen atoms in total. The van der Waals surface area contributed by atoms with Crippen LogP contribution in [0.5, 0.6) is 0 Å². The van der Waals surface area contributed by atoms with Crippen molar-refractivity contribution in [3.05, 3.63) is 131 Å². The lowest BCUT2D eigenvalue weighted by Crippen LogP contribution is -2.53. The van der Waals surface area contributed by atoms with Gasteiger partial charge in [0.2, 0.25) is 13.1 Å². The molecule has 0 amide bonds. The fraction of sp³-hybridized carbons (Fsp3) is 0.535. The van der Waals surface area contributed by atoms with E-state index < -0.39 is 20.7 Å². The average molecular weight is 836 g/mol. The van der Waals surface area contributed by atoms with E-state index in [0.29, 0.717) is 13.0 Å². The standard InChI is InChI=1S/C43H59N5O6P2S/c1-32(2)48(33(3)4)55(49-26-24-44-7)50-30-41-40(29-35(6)53-41)47-56(57,51-27-25-45-8)52-31-42-39(28-34(5)54-42)46-43(36-18-12-9-13-19-36,37-20-14-10-15-21-37)38-22-16-11-17-23-38/h9-23,32-35,39-42,46H,24-31H2,1-6H3,(H,47,57)/t34-,35-,39?,40?,41+,42+,55?,56?/m0/s1. The van der Waals surface area contributed by atoms with Crippen LogP contribution in [-0.4, -0.2) is 92.8 Å². The molecule has 2 fully saturated rings. The second-order valence-corrected chi connectivity index (χ2v) is 19.8. The third-order valence-corrected chi connectivity index (χ3v) is 14.8. The summed E-state index contributed by atoms with van der Waals surface area (Å²) in [5.41, 5.74) is 2.66. The largest absolute Gasteiger partial charge is 0.371 e. The molecule has 2 heterocycles. The lowest BCUT2D eigenvalue weighted by molar-refractivity contribution is 0.0110. The summed E-state index contributed by atoms with van der Waals surface area (Å²) in [7, 11) is -1.45. The van der Waals surface area contributed by atoms with Crippen LogP contribution in [0.25, 0.3) is 9.69 Å². The summed E-state index contributed by atoms with van der Waals surface area (Å²) in [5.74, 6) is 0. The van der Waals surface area contributed by atoms with Gasteiger partial charge in [-0.25, -0.2) is 22.9 Å². The van der Waals surface area contributed by atoms with Gasteiger partial charge in [0.1, 0.15) is 13.2 Å². The van der Waals surface area contributed by atoms with Crippen LogP contribution >= 0.6 is 15.2 Å². The van der Waals surface area contributed by atoms with E-state index in [1.165, 1.54) is 0 Å². The highest BCUT2D eigenvalue weighted by atomic mass is 32.5. The molecule has 5 rings (SSSR count). The number of nitrogens with one attached hydrogen (secondary N) is 2. The van der Waals surface area contributed by atoms with Crippen molar-refractivity contribution in [2.24, 2.45) is 0 Å². The van der Waals surface area contributed by atoms with Crippen molar-refractivity contribution in [3.8, 4) is 0 Å². The van der Waals surface area contributed by atoms with Crippen molar-refractivity contribution >= 4 is 27.0 Å². The van der Waals surface area contributed by atoms with Gasteiger partial charge in [0.15, 0.2) is 0 Å². The first-order valence-corrected chi connectivity index (χ1v) is 23.7. The van der Waals surface area contributed by atoms with E-state index >= 15 is 0 Å². The topological polar surface area (TPSA) is 91.4 Å². The van der Waals surface area contributed by atoms with Crippen molar-refractivity contribution in [2.75, 3.05) is 39.5 Å². The molecule has 4 unspecified atom stereocenters. The number of benzene rings is 3. The van der Waals surface area contributed by atoms with E-state index in [4.69, 9.17) is 52.5 Å². The van der Waals surface area contributed by atoms with Crippen molar-refractivity contribution < 1.29 is 27.6 Å². The maximum atomic E-state index is 7.39. The van der Waals surface area contributed by atoms with Crippen molar-refractivity contribution in [2.45, 2.75) is 109 Å². The van der Waals surface area contributed by atoms with E-state index in [2.05, 4.69) is 132 Å². The van der Waals surface area contributed by atoms with Crippen LogP contribution in [0, 0.1) is 13.1 Å². The third-order valence-electron chi connectivity index (χ3n) is 10.1. The van der Waals surface area contributed by atoms with E-state index in [-0.39, 0.29) is 81.5 Å². The molecular weight excluding hydrogens is 777 g/mol. The van der Waals surface area contributed by atoms with Gasteiger partial charge in [-0.3, -0.25) is 5.32 Å². The predicted octanol–water partition coefficient (Wildman–Crippen LogP) is 8.72. The first kappa shape index (κ1) is 45.4. The fourth-order valence-electron chi connectivity index (χ4n) is 7.75. The van der Waals surface area contributed by atoms with E-state index in [9.17, 15) is 0 Å². The van der Waals surface area contributed by atoms with Gasteiger partial charge in [-0.15, -0.1) is 0 Å². The minimum atomic E-state index is -3.18. The summed E-state index contributed by atoms with van der Waals surface area (Å²) in [6, 6.07) is 31.6. The van der Waals surface area contributed by atoms with Gasteiger partial charge in [-0.05, 0) is 82.9 Å². The Balaban J connectivity index is 1.37. The van der Waals surface area contributed by atoms with Crippen LogP contribution in [0.2, 0.25) is 0 Å². The van der Waals surface area contributed by atoms with Crippen molar-refractivity contribution in [1.82, 2.24) is 15.1 Å². The first-order chi connectivity index (χ1) is 27.5. The Morgan fingerprint density at radius 1 is 0.737 bits per heavy atom. The normalized spacial score (nSPS) is 24.1. The minimum absolute atomic E-state index is 0.0290. The second-order valence-electron chi connectivity index (χ2n) is 15.1. The van der Waals surface area contributed by atoms with E-state index in [0.717, 1.165) is 23.1 Å². The minimum Gasteiger partial charge on any atom is -0.371 e. The number of hydrogen-bond donors (Lipinski definition) is 2. The molecule has 2 aliphatic rings. The Hall–Kier alpha value is -2.64. The van der Waals surface area contributed by atoms with E-state index in [1.807, 2.05) is 25.1 Å². The zero-order chi connectivity index (χ0) is 40.8. The Morgan fingerprint density at radius 3 is 1.70 bits per heavy atom. The summed E-state index contributed by atoms with van der Waals surface area (Å²) in [6.45, 7) is 25.3. The smallest absolute Gasteiger partial charge is 0.261 e. The van der Waals surface area contributed by atoms with Gasteiger partial charge in [-0.1, -0.05) is 91.0 Å². The Kier molecular flexibility index (Phi) is 17.6. The number of ether oxygens (including phenoxy) is 2. The highest BCUT2D eigenvalue weighted by molar-refractivity contribution is 8.09. The Bertz CT molecular complexity index is 1680. The Morgan fingerprint density at radius 2 is 1.21 bits per heavy atom. The van der Waals surface area contributed by atoms with Crippen LogP contribution in [0.15, 0.2) is 91.0 Å². The molecule has 2 aliphatic heterocycles. The highest BCUT2D eigenvalue weighted by Gasteiger charge is 2.45. The molecule has 308 valence electrons. The van der Waals surface area contributed by atoms with Crippen LogP contribution in [-0.2, 0) is 44.9 Å². The first-order valence-electron chi connectivity index (χ1n) is 19.9. The lowest BCUT2D eigenvalue weighted by Gasteiger charge is -2.40. The van der Waals surface area contributed by atoms with E-state index in [1.54, 1.807) is 0 Å². The molecule has 2 N–H and O–H groups in total. The maximum Gasteiger partial charge on any atom is 0.261 e. The van der Waals surface area contributed by atoms with Gasteiger partial charge in [0.05, 0.1) is 43.2 Å². The van der Waals surface area contributed by atoms with Gasteiger partial charge in [0.25, 0.3) is 15.2 Å². The molecule has 57 heavy (non-hydrogen) atoms. The van der Waals surface area contributed by atoms with Crippen LogP contribution in [0.3, 0.4) is 0 Å². The molecule has 14 heteroatoms. The molecule has 3 aromatic rings. The molecular formula is C43H59N5O6P2S. The molecule has 0 saturated carbocycles. The third kappa shape index (κ3) is 12.2. The fourth-order valence-corrected chi connectivity index (χ4v) is 11.7. The van der Waals surface area contributed by atoms with Gasteiger partial charge in [-0.2, -0.15) is 0 Å². The zero-order valence-electron chi connectivity index (χ0n) is 34.0. The van der Waals surface area contributed by atoms with Crippen molar-refractivity contribution in [3.63, 3.8) is 0 Å². The summed E-state index contributed by atoms with van der Waals surface area (Å²) in [4.78, 5) is 6.97. The molecule has 0 bridgehead atoms. The Labute approximate surface area is 346 Å².